The molecule has 1 aliphatic rings. The molecule has 0 radical (unpaired) electrons. The Bertz CT molecular complexity index is 894. The van der Waals surface area contributed by atoms with E-state index < -0.39 is 0 Å². The first kappa shape index (κ1) is 18.7. The molecule has 6 heteroatoms. The number of hydrogen-bond donors (Lipinski definition) is 1. The summed E-state index contributed by atoms with van der Waals surface area (Å²) in [7, 11) is 4.00. The van der Waals surface area contributed by atoms with Crippen LogP contribution in [0.3, 0.4) is 0 Å². The zero-order valence-electron chi connectivity index (χ0n) is 15.1. The number of amidine groups is 1. The Labute approximate surface area is 166 Å². The fourth-order valence-corrected chi connectivity index (χ4v) is 3.68. The zero-order valence-corrected chi connectivity index (χ0v) is 17.5. The van der Waals surface area contributed by atoms with E-state index in [4.69, 9.17) is 0 Å². The predicted octanol–water partition coefficient (Wildman–Crippen LogP) is 5.02. The van der Waals surface area contributed by atoms with Crippen LogP contribution in [0.15, 0.2) is 50.8 Å². The zero-order chi connectivity index (χ0) is 18.8. The van der Waals surface area contributed by atoms with Crippen LogP contribution >= 0.6 is 27.7 Å². The van der Waals surface area contributed by atoms with Gasteiger partial charge in [-0.1, -0.05) is 28.1 Å². The van der Waals surface area contributed by atoms with Gasteiger partial charge in [0.2, 0.25) is 0 Å². The van der Waals surface area contributed by atoms with Gasteiger partial charge in [0.25, 0.3) is 5.91 Å². The molecule has 1 saturated heterocycles. The van der Waals surface area contributed by atoms with Crippen molar-refractivity contribution in [2.75, 3.05) is 19.0 Å². The van der Waals surface area contributed by atoms with Crippen LogP contribution in [0.1, 0.15) is 16.7 Å². The lowest BCUT2D eigenvalue weighted by atomic mass is 10.1. The van der Waals surface area contributed by atoms with Crippen LogP contribution in [0.4, 0.5) is 11.4 Å². The Hall–Kier alpha value is -2.05. The quantitative estimate of drug-likeness (QED) is 0.696. The van der Waals surface area contributed by atoms with Gasteiger partial charge in [-0.05, 0) is 72.6 Å². The lowest BCUT2D eigenvalue weighted by Crippen LogP contribution is -2.19. The molecule has 0 bridgehead atoms. The van der Waals surface area contributed by atoms with Gasteiger partial charge < -0.3 is 10.2 Å². The molecular weight excluding hydrogens is 410 g/mol. The van der Waals surface area contributed by atoms with Gasteiger partial charge in [-0.15, -0.1) is 0 Å². The number of hydrogen-bond acceptors (Lipinski definition) is 4. The lowest BCUT2D eigenvalue weighted by molar-refractivity contribution is -0.115. The third-order valence-electron chi connectivity index (χ3n) is 4.01. The third kappa shape index (κ3) is 4.19. The number of aliphatic imine (C=N–C) groups is 1. The number of carbonyl (C=O) groups excluding carboxylic acids is 1. The van der Waals surface area contributed by atoms with Crippen molar-refractivity contribution in [1.29, 1.82) is 0 Å². The maximum absolute atomic E-state index is 12.2. The summed E-state index contributed by atoms with van der Waals surface area (Å²) in [4.78, 5) is 19.5. The Balaban J connectivity index is 1.82. The van der Waals surface area contributed by atoms with Gasteiger partial charge in [0.1, 0.15) is 0 Å². The topological polar surface area (TPSA) is 44.7 Å². The first-order chi connectivity index (χ1) is 12.3. The van der Waals surface area contributed by atoms with Crippen molar-refractivity contribution in [2.45, 2.75) is 13.8 Å². The number of amides is 1. The summed E-state index contributed by atoms with van der Waals surface area (Å²) in [5.41, 5.74) is 5.19. The van der Waals surface area contributed by atoms with E-state index in [0.717, 1.165) is 32.5 Å². The number of nitrogens with one attached hydrogen (secondary N) is 1. The largest absolute Gasteiger partial charge is 0.378 e. The number of rotatable bonds is 3. The van der Waals surface area contributed by atoms with Gasteiger partial charge in [-0.25, -0.2) is 4.99 Å². The molecule has 1 amide bonds. The summed E-state index contributed by atoms with van der Waals surface area (Å²) in [6.07, 6.45) is 1.89. The highest BCUT2D eigenvalue weighted by atomic mass is 79.9. The van der Waals surface area contributed by atoms with Gasteiger partial charge in [0.05, 0.1) is 10.6 Å². The summed E-state index contributed by atoms with van der Waals surface area (Å²) in [6, 6.07) is 12.1. The van der Waals surface area contributed by atoms with Gasteiger partial charge >= 0.3 is 0 Å². The summed E-state index contributed by atoms with van der Waals surface area (Å²) in [6.45, 7) is 4.06. The molecule has 1 aliphatic heterocycles. The summed E-state index contributed by atoms with van der Waals surface area (Å²) in [5, 5.41) is 3.45. The van der Waals surface area contributed by atoms with Gasteiger partial charge in [0.15, 0.2) is 5.17 Å². The molecule has 1 heterocycles. The third-order valence-corrected chi connectivity index (χ3v) is 6.17. The van der Waals surface area contributed by atoms with Crippen molar-refractivity contribution < 1.29 is 4.79 Å². The van der Waals surface area contributed by atoms with Gasteiger partial charge in [-0.3, -0.25) is 4.79 Å². The van der Waals surface area contributed by atoms with Crippen molar-refractivity contribution in [2.24, 2.45) is 4.99 Å². The minimum atomic E-state index is -0.115. The van der Waals surface area contributed by atoms with Crippen LogP contribution in [0.25, 0.3) is 6.08 Å². The summed E-state index contributed by atoms with van der Waals surface area (Å²) >= 11 is 4.92. The standard InChI is InChI=1S/C20H20BrN3OS/c1-12-9-15(10-13(2)18(12)21)22-20-23-19(25)17(26-20)11-14-5-7-16(8-6-14)24(3)4/h5-11H,1-4H3,(H,22,23,25)/b17-11-. The molecular formula is C20H20BrN3OS. The monoisotopic (exact) mass is 429 g/mol. The molecule has 0 unspecified atom stereocenters. The minimum absolute atomic E-state index is 0.115. The molecule has 134 valence electrons. The highest BCUT2D eigenvalue weighted by Crippen LogP contribution is 2.31. The smallest absolute Gasteiger partial charge is 0.264 e. The second-order valence-electron chi connectivity index (χ2n) is 6.36. The van der Waals surface area contributed by atoms with Crippen LogP contribution in [-0.4, -0.2) is 25.2 Å². The fraction of sp³-hybridized carbons (Fsp3) is 0.200. The molecule has 2 aromatic carbocycles. The van der Waals surface area contributed by atoms with E-state index in [9.17, 15) is 4.79 Å². The van der Waals surface area contributed by atoms with E-state index in [1.807, 2.05) is 75.3 Å². The summed E-state index contributed by atoms with van der Waals surface area (Å²) < 4.78 is 1.09. The van der Waals surface area contributed by atoms with E-state index in [1.54, 1.807) is 0 Å². The molecule has 0 atom stereocenters. The van der Waals surface area contributed by atoms with Crippen molar-refractivity contribution in [3.8, 4) is 0 Å². The lowest BCUT2D eigenvalue weighted by Gasteiger charge is -2.11. The molecule has 0 aromatic heterocycles. The van der Waals surface area contributed by atoms with Crippen LogP contribution < -0.4 is 10.2 Å². The molecule has 1 N–H and O–H groups in total. The van der Waals surface area contributed by atoms with E-state index in [1.165, 1.54) is 11.8 Å². The molecule has 1 fully saturated rings. The fourth-order valence-electron chi connectivity index (χ4n) is 2.61. The second kappa shape index (κ2) is 7.68. The highest BCUT2D eigenvalue weighted by Gasteiger charge is 2.23. The molecule has 0 spiro atoms. The number of halogens is 1. The SMILES string of the molecule is Cc1cc(N=C2NC(=O)/C(=C/c3ccc(N(C)C)cc3)S2)cc(C)c1Br. The average molecular weight is 430 g/mol. The van der Waals surface area contributed by atoms with Crippen molar-refractivity contribution in [3.05, 3.63) is 62.5 Å². The number of benzene rings is 2. The molecule has 2 aromatic rings. The Morgan fingerprint density at radius 1 is 1.12 bits per heavy atom. The minimum Gasteiger partial charge on any atom is -0.378 e. The maximum Gasteiger partial charge on any atom is 0.264 e. The number of nitrogens with zero attached hydrogens (tertiary/aromatic N) is 2. The van der Waals surface area contributed by atoms with E-state index in [-0.39, 0.29) is 5.91 Å². The molecule has 4 nitrogen and oxygen atoms in total. The normalized spacial score (nSPS) is 17.0. The van der Waals surface area contributed by atoms with Gasteiger partial charge in [0, 0.05) is 24.3 Å². The van der Waals surface area contributed by atoms with E-state index in [0.29, 0.717) is 10.1 Å². The van der Waals surface area contributed by atoms with Crippen LogP contribution in [0.2, 0.25) is 0 Å². The Morgan fingerprint density at radius 2 is 1.73 bits per heavy atom. The van der Waals surface area contributed by atoms with Gasteiger partial charge in [-0.2, -0.15) is 0 Å². The van der Waals surface area contributed by atoms with E-state index in [2.05, 4.69) is 26.2 Å². The van der Waals surface area contributed by atoms with Crippen molar-refractivity contribution >= 4 is 56.2 Å². The molecule has 3 rings (SSSR count). The average Bonchev–Trinajstić information content (AvgIpc) is 2.92. The second-order valence-corrected chi connectivity index (χ2v) is 8.18. The molecule has 0 aliphatic carbocycles. The number of anilines is 1. The molecule has 26 heavy (non-hydrogen) atoms. The molecule has 0 saturated carbocycles. The maximum atomic E-state index is 12.2. The highest BCUT2D eigenvalue weighted by molar-refractivity contribution is 9.10. The number of thioether (sulfide) groups is 1. The Kier molecular flexibility index (Phi) is 5.53. The van der Waals surface area contributed by atoms with Crippen molar-refractivity contribution in [3.63, 3.8) is 0 Å². The first-order valence-corrected chi connectivity index (χ1v) is 9.78. The van der Waals surface area contributed by atoms with Crippen molar-refractivity contribution in [1.82, 2.24) is 5.32 Å². The van der Waals surface area contributed by atoms with Crippen LogP contribution in [-0.2, 0) is 4.79 Å². The number of aryl methyl sites for hydroxylation is 2. The number of carbonyl (C=O) groups is 1. The van der Waals surface area contributed by atoms with E-state index >= 15 is 0 Å². The summed E-state index contributed by atoms with van der Waals surface area (Å²) in [5.74, 6) is -0.115. The first-order valence-electron chi connectivity index (χ1n) is 8.17. The van der Waals surface area contributed by atoms with Crippen LogP contribution in [0.5, 0.6) is 0 Å². The van der Waals surface area contributed by atoms with Crippen LogP contribution in [0, 0.1) is 13.8 Å². The predicted molar refractivity (Wildman–Crippen MR) is 115 cm³/mol. The Morgan fingerprint density at radius 3 is 2.31 bits per heavy atom.